The van der Waals surface area contributed by atoms with Crippen molar-refractivity contribution in [2.75, 3.05) is 20.8 Å². The van der Waals surface area contributed by atoms with Crippen LogP contribution in [0.5, 0.6) is 23.0 Å². The third-order valence-corrected chi connectivity index (χ3v) is 9.75. The Kier molecular flexibility index (Phi) is 7.96. The summed E-state index contributed by atoms with van der Waals surface area (Å²) in [7, 11) is 4.60. The molecule has 0 saturated heterocycles. The number of nitrogens with zero attached hydrogens (tertiary/aromatic N) is 5. The van der Waals surface area contributed by atoms with Gasteiger partial charge >= 0.3 is 11.4 Å². The molecule has 14 nitrogen and oxygen atoms in total. The lowest BCUT2D eigenvalue weighted by Crippen LogP contribution is -2.40. The smallest absolute Gasteiger partial charge is 0.347 e. The fourth-order valence-electron chi connectivity index (χ4n) is 7.32. The van der Waals surface area contributed by atoms with Crippen molar-refractivity contribution < 1.29 is 28.9 Å². The Balaban J connectivity index is 1.29. The van der Waals surface area contributed by atoms with E-state index in [0.29, 0.717) is 51.4 Å². The molecule has 2 aliphatic carbocycles. The molecule has 1 aliphatic heterocycles. The van der Waals surface area contributed by atoms with Crippen LogP contribution in [0.25, 0.3) is 11.0 Å². The monoisotopic (exact) mass is 681 g/mol. The highest BCUT2D eigenvalue weighted by Crippen LogP contribution is 2.50. The summed E-state index contributed by atoms with van der Waals surface area (Å²) < 4.78 is 21.6. The van der Waals surface area contributed by atoms with Gasteiger partial charge in [0.15, 0.2) is 34.6 Å². The van der Waals surface area contributed by atoms with Crippen LogP contribution in [0, 0.1) is 0 Å². The summed E-state index contributed by atoms with van der Waals surface area (Å²) in [6, 6.07) is 7.34. The molecule has 4 aromatic rings. The average Bonchev–Trinajstić information content (AvgIpc) is 3.36. The first-order chi connectivity index (χ1) is 24.0. The molecule has 7 rings (SSSR count). The Labute approximate surface area is 284 Å². The number of hydrogen-bond acceptors (Lipinski definition) is 10. The number of rotatable bonds is 8. The standard InChI is InChI=1S/C36H35N5O9/c1-6-50-28-14-19(7-8-26(28)42)31-20-9-12-40-35(46)39(36(47)41(40)24(20)15-21-27(43)13-18(2)33(44)32(21)31)11-10-22-34(45)38(3)25-17-30(49-5)29(48-4)16-23(25)37-22/h7-9,13-14,16-17,24,31,42H,6,10-12,15H2,1-5H3/t24-,31+/m1/s1. The minimum absolute atomic E-state index is 0.0101. The van der Waals surface area contributed by atoms with Crippen molar-refractivity contribution in [3.05, 3.63) is 107 Å². The van der Waals surface area contributed by atoms with E-state index in [1.54, 1.807) is 45.2 Å². The lowest BCUT2D eigenvalue weighted by Gasteiger charge is -2.39. The van der Waals surface area contributed by atoms with Crippen LogP contribution in [-0.2, 0) is 36.1 Å². The summed E-state index contributed by atoms with van der Waals surface area (Å²) in [6.07, 6.45) is 3.15. The van der Waals surface area contributed by atoms with Gasteiger partial charge in [-0.2, -0.15) is 0 Å². The zero-order valence-electron chi connectivity index (χ0n) is 28.2. The first-order valence-electron chi connectivity index (χ1n) is 16.2. The molecule has 0 radical (unpaired) electrons. The Morgan fingerprint density at radius 2 is 1.72 bits per heavy atom. The number of carbonyl (C=O) groups is 2. The molecule has 0 saturated carbocycles. The molecule has 0 fully saturated rings. The molecular formula is C36H35N5O9. The number of ether oxygens (including phenoxy) is 3. The van der Waals surface area contributed by atoms with E-state index in [-0.39, 0.29) is 65.8 Å². The van der Waals surface area contributed by atoms with Gasteiger partial charge in [-0.1, -0.05) is 12.1 Å². The van der Waals surface area contributed by atoms with E-state index in [4.69, 9.17) is 14.2 Å². The van der Waals surface area contributed by atoms with Crippen molar-refractivity contribution in [1.82, 2.24) is 23.5 Å². The summed E-state index contributed by atoms with van der Waals surface area (Å²) in [5.74, 6) is -0.317. The van der Waals surface area contributed by atoms with E-state index in [1.807, 2.05) is 6.08 Å². The van der Waals surface area contributed by atoms with Crippen molar-refractivity contribution in [1.29, 1.82) is 0 Å². The van der Waals surface area contributed by atoms with Crippen molar-refractivity contribution in [2.45, 2.75) is 51.7 Å². The van der Waals surface area contributed by atoms with E-state index in [0.717, 1.165) is 4.57 Å². The zero-order chi connectivity index (χ0) is 35.6. The number of hydrogen-bond donors (Lipinski definition) is 1. The second-order valence-corrected chi connectivity index (χ2v) is 12.4. The minimum Gasteiger partial charge on any atom is -0.504 e. The molecule has 258 valence electrons. The molecule has 3 heterocycles. The van der Waals surface area contributed by atoms with Gasteiger partial charge in [-0.25, -0.2) is 28.5 Å². The highest BCUT2D eigenvalue weighted by Gasteiger charge is 2.45. The number of Topliss-reactive ketones (excluding diaryl/α,β-unsaturated/α-hetero) is 1. The molecule has 2 aromatic carbocycles. The number of methoxy groups -OCH3 is 2. The average molecular weight is 682 g/mol. The molecule has 1 N–H and O–H groups in total. The third-order valence-electron chi connectivity index (χ3n) is 9.75. The van der Waals surface area contributed by atoms with E-state index < -0.39 is 23.3 Å². The fourth-order valence-corrected chi connectivity index (χ4v) is 7.32. The first-order valence-corrected chi connectivity index (χ1v) is 16.2. The molecule has 2 atom stereocenters. The summed E-state index contributed by atoms with van der Waals surface area (Å²) >= 11 is 0. The molecular weight excluding hydrogens is 646 g/mol. The summed E-state index contributed by atoms with van der Waals surface area (Å²) in [4.78, 5) is 72.9. The summed E-state index contributed by atoms with van der Waals surface area (Å²) in [5, 5.41) is 10.4. The van der Waals surface area contributed by atoms with Gasteiger partial charge in [0.25, 0.3) is 5.56 Å². The SMILES string of the molecule is CCOc1cc([C@H]2C3=CCn4c(=O)n(CCc5nc6cc(OC)c(OC)cc6n(C)c5=O)c(=O)n4[C@@H]3CC3=C2C(=O)C(C)=CC3=O)ccc1O. The number of fused-ring (bicyclic) bond motifs is 4. The van der Waals surface area contributed by atoms with Gasteiger partial charge in [0, 0.05) is 61.2 Å². The number of aryl methyl sites for hydroxylation is 2. The van der Waals surface area contributed by atoms with E-state index >= 15 is 0 Å². The maximum Gasteiger partial charge on any atom is 0.347 e. The molecule has 0 amide bonds. The van der Waals surface area contributed by atoms with E-state index in [2.05, 4.69) is 4.98 Å². The van der Waals surface area contributed by atoms with E-state index in [9.17, 15) is 29.1 Å². The highest BCUT2D eigenvalue weighted by molar-refractivity contribution is 6.23. The quantitative estimate of drug-likeness (QED) is 0.216. The van der Waals surface area contributed by atoms with Gasteiger partial charge in [0.05, 0.1) is 44.4 Å². The van der Waals surface area contributed by atoms with Crippen LogP contribution in [0.1, 0.15) is 43.5 Å². The Morgan fingerprint density at radius 3 is 2.44 bits per heavy atom. The molecule has 50 heavy (non-hydrogen) atoms. The van der Waals surface area contributed by atoms with Gasteiger partial charge in [0.2, 0.25) is 0 Å². The second-order valence-electron chi connectivity index (χ2n) is 12.4. The maximum atomic E-state index is 14.1. The number of allylic oxidation sites excluding steroid dienone is 6. The van der Waals surface area contributed by atoms with Crippen LogP contribution in [0.4, 0.5) is 0 Å². The van der Waals surface area contributed by atoms with Crippen LogP contribution in [0.15, 0.2) is 79.2 Å². The fraction of sp³-hybridized carbons (Fsp3) is 0.333. The van der Waals surface area contributed by atoms with Crippen molar-refractivity contribution >= 4 is 22.6 Å². The number of phenolic OH excluding ortho intramolecular Hbond substituents is 1. The summed E-state index contributed by atoms with van der Waals surface area (Å²) in [5.41, 5.74) is 1.77. The normalized spacial score (nSPS) is 18.3. The van der Waals surface area contributed by atoms with Crippen molar-refractivity contribution in [3.63, 3.8) is 0 Å². The topological polar surface area (TPSA) is 166 Å². The second kappa shape index (κ2) is 12.2. The highest BCUT2D eigenvalue weighted by atomic mass is 16.5. The number of benzene rings is 2. The largest absolute Gasteiger partial charge is 0.504 e. The molecule has 14 heteroatoms. The lowest BCUT2D eigenvalue weighted by atomic mass is 9.68. The zero-order valence-corrected chi connectivity index (χ0v) is 28.2. The summed E-state index contributed by atoms with van der Waals surface area (Å²) in [6.45, 7) is 3.58. The number of carbonyl (C=O) groups excluding carboxylic acids is 2. The van der Waals surface area contributed by atoms with Crippen molar-refractivity contribution in [3.8, 4) is 23.0 Å². The molecule has 0 spiro atoms. The number of phenols is 1. The third kappa shape index (κ3) is 4.92. The number of aromatic hydroxyl groups is 1. The lowest BCUT2D eigenvalue weighted by molar-refractivity contribution is -0.116. The minimum atomic E-state index is -0.754. The Morgan fingerprint density at radius 1 is 0.980 bits per heavy atom. The van der Waals surface area contributed by atoms with Crippen LogP contribution in [0.2, 0.25) is 0 Å². The van der Waals surface area contributed by atoms with Gasteiger partial charge in [0.1, 0.15) is 5.69 Å². The molecule has 2 aromatic heterocycles. The van der Waals surface area contributed by atoms with Gasteiger partial charge in [-0.3, -0.25) is 14.4 Å². The van der Waals surface area contributed by atoms with Gasteiger partial charge in [-0.05, 0) is 43.2 Å². The molecule has 0 unspecified atom stereocenters. The van der Waals surface area contributed by atoms with Crippen molar-refractivity contribution in [2.24, 2.45) is 7.05 Å². The van der Waals surface area contributed by atoms with Gasteiger partial charge in [-0.15, -0.1) is 0 Å². The Bertz CT molecular complexity index is 2420. The van der Waals surface area contributed by atoms with Gasteiger partial charge < -0.3 is 23.9 Å². The van der Waals surface area contributed by atoms with Crippen LogP contribution in [0.3, 0.4) is 0 Å². The predicted octanol–water partition coefficient (Wildman–Crippen LogP) is 2.49. The predicted molar refractivity (Wildman–Crippen MR) is 181 cm³/mol. The molecule has 0 bridgehead atoms. The van der Waals surface area contributed by atoms with E-state index in [1.165, 1.54) is 40.3 Å². The van der Waals surface area contributed by atoms with Crippen LogP contribution in [-0.4, -0.2) is 61.0 Å². The number of ketones is 2. The molecule has 3 aliphatic rings. The van der Waals surface area contributed by atoms with Crippen LogP contribution < -0.4 is 31.1 Å². The number of aromatic nitrogens is 5. The Hall–Kier alpha value is -5.92. The maximum absolute atomic E-state index is 14.1. The van der Waals surface area contributed by atoms with Crippen LogP contribution >= 0.6 is 0 Å². The first kappa shape index (κ1) is 32.6.